The SMILES string of the molecule is CCCC(C)COCC(N)c1ccc(OC(C)C)cc1. The van der Waals surface area contributed by atoms with Gasteiger partial charge < -0.3 is 15.2 Å². The molecule has 114 valence electrons. The number of hydrogen-bond acceptors (Lipinski definition) is 3. The molecule has 0 aliphatic rings. The zero-order chi connectivity index (χ0) is 15.0. The minimum Gasteiger partial charge on any atom is -0.491 e. The van der Waals surface area contributed by atoms with Crippen LogP contribution < -0.4 is 10.5 Å². The molecule has 0 saturated heterocycles. The van der Waals surface area contributed by atoms with Crippen LogP contribution in [0.3, 0.4) is 0 Å². The van der Waals surface area contributed by atoms with Crippen LogP contribution in [0.25, 0.3) is 0 Å². The fourth-order valence-electron chi connectivity index (χ4n) is 2.13. The Labute approximate surface area is 123 Å². The number of rotatable bonds is 9. The molecule has 0 aliphatic carbocycles. The molecule has 2 N–H and O–H groups in total. The van der Waals surface area contributed by atoms with Gasteiger partial charge in [-0.3, -0.25) is 0 Å². The van der Waals surface area contributed by atoms with Crippen LogP contribution in [0.2, 0.25) is 0 Å². The second-order valence-corrected chi connectivity index (χ2v) is 5.77. The minimum absolute atomic E-state index is 0.0723. The van der Waals surface area contributed by atoms with E-state index in [1.807, 2.05) is 38.1 Å². The lowest BCUT2D eigenvalue weighted by molar-refractivity contribution is 0.0909. The molecule has 0 aliphatic heterocycles. The first-order chi connectivity index (χ1) is 9.52. The highest BCUT2D eigenvalue weighted by Crippen LogP contribution is 2.18. The highest BCUT2D eigenvalue weighted by molar-refractivity contribution is 5.29. The minimum atomic E-state index is -0.0723. The van der Waals surface area contributed by atoms with Crippen LogP contribution in [0.1, 0.15) is 52.1 Å². The number of ether oxygens (including phenoxy) is 2. The van der Waals surface area contributed by atoms with E-state index < -0.39 is 0 Å². The summed E-state index contributed by atoms with van der Waals surface area (Å²) in [7, 11) is 0. The summed E-state index contributed by atoms with van der Waals surface area (Å²) in [5, 5.41) is 0. The van der Waals surface area contributed by atoms with Crippen LogP contribution in [-0.2, 0) is 4.74 Å². The molecule has 0 saturated carbocycles. The fraction of sp³-hybridized carbons (Fsp3) is 0.647. The van der Waals surface area contributed by atoms with Crippen molar-refractivity contribution < 1.29 is 9.47 Å². The highest BCUT2D eigenvalue weighted by atomic mass is 16.5. The molecule has 0 fully saturated rings. The zero-order valence-corrected chi connectivity index (χ0v) is 13.3. The Morgan fingerprint density at radius 3 is 2.25 bits per heavy atom. The van der Waals surface area contributed by atoms with E-state index in [-0.39, 0.29) is 12.1 Å². The lowest BCUT2D eigenvalue weighted by Crippen LogP contribution is -2.19. The Morgan fingerprint density at radius 2 is 1.70 bits per heavy atom. The maximum absolute atomic E-state index is 6.14. The molecular formula is C17H29NO2. The van der Waals surface area contributed by atoms with Gasteiger partial charge in [-0.05, 0) is 43.9 Å². The van der Waals surface area contributed by atoms with E-state index >= 15 is 0 Å². The van der Waals surface area contributed by atoms with Crippen LogP contribution in [-0.4, -0.2) is 19.3 Å². The van der Waals surface area contributed by atoms with Crippen LogP contribution >= 0.6 is 0 Å². The summed E-state index contributed by atoms with van der Waals surface area (Å²) in [6.45, 7) is 9.81. The van der Waals surface area contributed by atoms with E-state index in [4.69, 9.17) is 15.2 Å². The molecule has 20 heavy (non-hydrogen) atoms. The summed E-state index contributed by atoms with van der Waals surface area (Å²) >= 11 is 0. The van der Waals surface area contributed by atoms with Gasteiger partial charge in [0.05, 0.1) is 18.8 Å². The third-order valence-electron chi connectivity index (χ3n) is 3.16. The Bertz CT molecular complexity index is 362. The molecule has 0 bridgehead atoms. The van der Waals surface area contributed by atoms with Crippen LogP contribution in [0, 0.1) is 5.92 Å². The van der Waals surface area contributed by atoms with Gasteiger partial charge in [0.15, 0.2) is 0 Å². The van der Waals surface area contributed by atoms with Crippen molar-refractivity contribution >= 4 is 0 Å². The molecule has 1 aromatic rings. The molecule has 2 atom stereocenters. The summed E-state index contributed by atoms with van der Waals surface area (Å²) in [6, 6.07) is 7.89. The number of nitrogens with two attached hydrogens (primary N) is 1. The molecule has 3 heteroatoms. The van der Waals surface area contributed by atoms with Gasteiger partial charge in [0.1, 0.15) is 5.75 Å². The topological polar surface area (TPSA) is 44.5 Å². The predicted octanol–water partition coefficient (Wildman–Crippen LogP) is 3.93. The van der Waals surface area contributed by atoms with E-state index in [2.05, 4.69) is 13.8 Å². The van der Waals surface area contributed by atoms with E-state index in [1.165, 1.54) is 12.8 Å². The lowest BCUT2D eigenvalue weighted by Gasteiger charge is -2.16. The smallest absolute Gasteiger partial charge is 0.119 e. The molecule has 1 aromatic carbocycles. The Morgan fingerprint density at radius 1 is 1.05 bits per heavy atom. The maximum atomic E-state index is 6.14. The van der Waals surface area contributed by atoms with Gasteiger partial charge >= 0.3 is 0 Å². The molecule has 2 unspecified atom stereocenters. The molecule has 3 nitrogen and oxygen atoms in total. The third kappa shape index (κ3) is 6.40. The van der Waals surface area contributed by atoms with Gasteiger partial charge in [0, 0.05) is 6.61 Å². The van der Waals surface area contributed by atoms with Crippen LogP contribution in [0.15, 0.2) is 24.3 Å². The fourth-order valence-corrected chi connectivity index (χ4v) is 2.13. The number of benzene rings is 1. The first-order valence-corrected chi connectivity index (χ1v) is 7.62. The van der Waals surface area contributed by atoms with Crippen LogP contribution in [0.4, 0.5) is 0 Å². The van der Waals surface area contributed by atoms with Gasteiger partial charge in [0.25, 0.3) is 0 Å². The standard InChI is InChI=1S/C17H29NO2/c1-5-6-14(4)11-19-12-17(18)15-7-9-16(10-8-15)20-13(2)3/h7-10,13-14,17H,5-6,11-12,18H2,1-4H3. The van der Waals surface area contributed by atoms with E-state index in [0.717, 1.165) is 17.9 Å². The van der Waals surface area contributed by atoms with Crippen molar-refractivity contribution in [2.75, 3.05) is 13.2 Å². The average molecular weight is 279 g/mol. The van der Waals surface area contributed by atoms with Crippen molar-refractivity contribution in [3.63, 3.8) is 0 Å². The molecule has 0 radical (unpaired) electrons. The highest BCUT2D eigenvalue weighted by Gasteiger charge is 2.08. The molecule has 0 amide bonds. The summed E-state index contributed by atoms with van der Waals surface area (Å²) in [4.78, 5) is 0. The van der Waals surface area contributed by atoms with Gasteiger partial charge in [-0.15, -0.1) is 0 Å². The monoisotopic (exact) mass is 279 g/mol. The van der Waals surface area contributed by atoms with Crippen molar-refractivity contribution in [1.29, 1.82) is 0 Å². The second-order valence-electron chi connectivity index (χ2n) is 5.77. The summed E-state index contributed by atoms with van der Waals surface area (Å²) < 4.78 is 11.3. The molecule has 0 spiro atoms. The predicted molar refractivity (Wildman–Crippen MR) is 84.0 cm³/mol. The molecule has 0 aromatic heterocycles. The second kappa shape index (κ2) is 8.98. The van der Waals surface area contributed by atoms with Crippen molar-refractivity contribution in [3.8, 4) is 5.75 Å². The van der Waals surface area contributed by atoms with Crippen molar-refractivity contribution in [3.05, 3.63) is 29.8 Å². The molecular weight excluding hydrogens is 250 g/mol. The molecule has 0 heterocycles. The summed E-state index contributed by atoms with van der Waals surface area (Å²) in [5.41, 5.74) is 7.23. The molecule has 1 rings (SSSR count). The summed E-state index contributed by atoms with van der Waals surface area (Å²) in [5.74, 6) is 1.49. The lowest BCUT2D eigenvalue weighted by atomic mass is 10.1. The van der Waals surface area contributed by atoms with Gasteiger partial charge in [0.2, 0.25) is 0 Å². The van der Waals surface area contributed by atoms with E-state index in [0.29, 0.717) is 12.5 Å². The largest absolute Gasteiger partial charge is 0.491 e. The van der Waals surface area contributed by atoms with Gasteiger partial charge in [-0.25, -0.2) is 0 Å². The van der Waals surface area contributed by atoms with Crippen molar-refractivity contribution in [2.24, 2.45) is 11.7 Å². The van der Waals surface area contributed by atoms with E-state index in [9.17, 15) is 0 Å². The third-order valence-corrected chi connectivity index (χ3v) is 3.16. The first kappa shape index (κ1) is 17.0. The Kier molecular flexibility index (Phi) is 7.63. The Balaban J connectivity index is 2.37. The van der Waals surface area contributed by atoms with Crippen LogP contribution in [0.5, 0.6) is 5.75 Å². The quantitative estimate of drug-likeness (QED) is 0.745. The number of hydrogen-bond donors (Lipinski definition) is 1. The van der Waals surface area contributed by atoms with Gasteiger partial charge in [-0.2, -0.15) is 0 Å². The van der Waals surface area contributed by atoms with Crippen molar-refractivity contribution in [2.45, 2.75) is 52.7 Å². The maximum Gasteiger partial charge on any atom is 0.119 e. The Hall–Kier alpha value is -1.06. The summed E-state index contributed by atoms with van der Waals surface area (Å²) in [6.07, 6.45) is 2.60. The average Bonchev–Trinajstić information content (AvgIpc) is 2.39. The van der Waals surface area contributed by atoms with Crippen molar-refractivity contribution in [1.82, 2.24) is 0 Å². The zero-order valence-electron chi connectivity index (χ0n) is 13.3. The van der Waals surface area contributed by atoms with E-state index in [1.54, 1.807) is 0 Å². The normalized spacial score (nSPS) is 14.3. The first-order valence-electron chi connectivity index (χ1n) is 7.62. The van der Waals surface area contributed by atoms with Gasteiger partial charge in [-0.1, -0.05) is 32.4 Å².